The maximum atomic E-state index is 12.8. The van der Waals surface area contributed by atoms with E-state index in [9.17, 15) is 22.8 Å². The molecular weight excluding hydrogens is 385 g/mol. The van der Waals surface area contributed by atoms with E-state index >= 15 is 0 Å². The summed E-state index contributed by atoms with van der Waals surface area (Å²) in [5, 5.41) is 0. The lowest BCUT2D eigenvalue weighted by Gasteiger charge is -2.19. The Balaban J connectivity index is 1.93. The molecule has 0 spiro atoms. The minimum Gasteiger partial charge on any atom is -0.406 e. The first-order valence-corrected chi connectivity index (χ1v) is 8.72. The van der Waals surface area contributed by atoms with Gasteiger partial charge in [0.2, 0.25) is 5.56 Å². The fourth-order valence-electron chi connectivity index (χ4n) is 3.02. The zero-order valence-corrected chi connectivity index (χ0v) is 15.4. The molecule has 1 atom stereocenters. The van der Waals surface area contributed by atoms with E-state index in [-0.39, 0.29) is 23.5 Å². The molecule has 2 aromatic heterocycles. The van der Waals surface area contributed by atoms with Gasteiger partial charge in [-0.05, 0) is 42.3 Å². The van der Waals surface area contributed by atoms with E-state index in [1.807, 2.05) is 13.0 Å². The SMILES string of the molecule is Cc1cccnc1[C@@H](CC(=O)c1ccc(=O)[nH]c1)c1ccc(OC(F)(F)F)cc1. The van der Waals surface area contributed by atoms with Crippen LogP contribution in [0.3, 0.4) is 0 Å². The van der Waals surface area contributed by atoms with Crippen molar-refractivity contribution in [3.8, 4) is 5.75 Å². The molecule has 0 aliphatic heterocycles. The highest BCUT2D eigenvalue weighted by atomic mass is 19.4. The van der Waals surface area contributed by atoms with Crippen LogP contribution in [0.5, 0.6) is 5.75 Å². The van der Waals surface area contributed by atoms with Crippen LogP contribution < -0.4 is 10.3 Å². The minimum absolute atomic E-state index is 0.0311. The molecule has 3 rings (SSSR count). The van der Waals surface area contributed by atoms with E-state index in [1.165, 1.54) is 42.6 Å². The number of H-pyrrole nitrogens is 1. The molecule has 0 unspecified atom stereocenters. The molecule has 150 valence electrons. The van der Waals surface area contributed by atoms with Crippen LogP contribution in [0.25, 0.3) is 0 Å². The molecule has 1 aromatic carbocycles. The van der Waals surface area contributed by atoms with Crippen molar-refractivity contribution in [2.24, 2.45) is 0 Å². The Morgan fingerprint density at radius 1 is 1.14 bits per heavy atom. The molecule has 0 aliphatic rings. The number of ketones is 1. The first kappa shape index (κ1) is 20.3. The van der Waals surface area contributed by atoms with Crippen LogP contribution in [0.15, 0.2) is 65.7 Å². The standard InChI is InChI=1S/C21H17F3N2O3/c1-13-3-2-10-25-20(13)17(11-18(27)15-6-9-19(28)26-12-15)14-4-7-16(8-5-14)29-21(22,23)24/h2-10,12,17H,11H2,1H3,(H,26,28)/t17-/m0/s1. The van der Waals surface area contributed by atoms with Gasteiger partial charge in [0, 0.05) is 36.4 Å². The van der Waals surface area contributed by atoms with Crippen molar-refractivity contribution in [2.45, 2.75) is 25.6 Å². The summed E-state index contributed by atoms with van der Waals surface area (Å²) in [5.41, 5.74) is 2.13. The van der Waals surface area contributed by atoms with Gasteiger partial charge in [0.15, 0.2) is 5.78 Å². The van der Waals surface area contributed by atoms with Gasteiger partial charge in [0.1, 0.15) is 5.75 Å². The predicted molar refractivity (Wildman–Crippen MR) is 100.0 cm³/mol. The normalized spacial score (nSPS) is 12.4. The summed E-state index contributed by atoms with van der Waals surface area (Å²) in [6, 6.07) is 11.7. The van der Waals surface area contributed by atoms with Gasteiger partial charge in [-0.25, -0.2) is 0 Å². The summed E-state index contributed by atoms with van der Waals surface area (Å²) >= 11 is 0. The van der Waals surface area contributed by atoms with Crippen LogP contribution in [0.4, 0.5) is 13.2 Å². The molecule has 8 heteroatoms. The van der Waals surface area contributed by atoms with Gasteiger partial charge < -0.3 is 9.72 Å². The smallest absolute Gasteiger partial charge is 0.406 e. The lowest BCUT2D eigenvalue weighted by atomic mass is 9.87. The lowest BCUT2D eigenvalue weighted by Crippen LogP contribution is -2.17. The number of hydrogen-bond donors (Lipinski definition) is 1. The van der Waals surface area contributed by atoms with Crippen LogP contribution in [0, 0.1) is 6.92 Å². The second-order valence-electron chi connectivity index (χ2n) is 6.44. The average molecular weight is 402 g/mol. The number of Topliss-reactive ketones (excluding diaryl/α,β-unsaturated/α-hetero) is 1. The van der Waals surface area contributed by atoms with E-state index < -0.39 is 12.3 Å². The highest BCUT2D eigenvalue weighted by Gasteiger charge is 2.31. The third kappa shape index (κ3) is 5.31. The van der Waals surface area contributed by atoms with Crippen LogP contribution >= 0.6 is 0 Å². The average Bonchev–Trinajstić information content (AvgIpc) is 2.67. The van der Waals surface area contributed by atoms with E-state index in [0.717, 1.165) is 5.56 Å². The number of halogens is 3. The third-order valence-electron chi connectivity index (χ3n) is 4.39. The van der Waals surface area contributed by atoms with Gasteiger partial charge in [0.05, 0.1) is 5.69 Å². The van der Waals surface area contributed by atoms with Crippen molar-refractivity contribution in [2.75, 3.05) is 0 Å². The van der Waals surface area contributed by atoms with Crippen LogP contribution in [0.1, 0.15) is 39.5 Å². The molecule has 5 nitrogen and oxygen atoms in total. The number of aryl methyl sites for hydroxylation is 1. The summed E-state index contributed by atoms with van der Waals surface area (Å²) < 4.78 is 41.1. The number of nitrogens with zero attached hydrogens (tertiary/aromatic N) is 1. The minimum atomic E-state index is -4.78. The van der Waals surface area contributed by atoms with Crippen LogP contribution in [-0.2, 0) is 0 Å². The molecule has 0 radical (unpaired) electrons. The first-order chi connectivity index (χ1) is 13.7. The monoisotopic (exact) mass is 402 g/mol. The van der Waals surface area contributed by atoms with Gasteiger partial charge in [-0.15, -0.1) is 13.2 Å². The Hall–Kier alpha value is -3.42. The quantitative estimate of drug-likeness (QED) is 0.621. The third-order valence-corrected chi connectivity index (χ3v) is 4.39. The fourth-order valence-corrected chi connectivity index (χ4v) is 3.02. The molecule has 1 N–H and O–H groups in total. The number of nitrogens with one attached hydrogen (secondary N) is 1. The Kier molecular flexibility index (Phi) is 5.81. The van der Waals surface area contributed by atoms with Crippen molar-refractivity contribution in [3.63, 3.8) is 0 Å². The zero-order valence-electron chi connectivity index (χ0n) is 15.4. The summed E-state index contributed by atoms with van der Waals surface area (Å²) in [5.74, 6) is -1.05. The second kappa shape index (κ2) is 8.30. The summed E-state index contributed by atoms with van der Waals surface area (Å²) in [6.07, 6.45) is -1.81. The van der Waals surface area contributed by atoms with Gasteiger partial charge in [-0.1, -0.05) is 18.2 Å². The summed E-state index contributed by atoms with van der Waals surface area (Å²) in [6.45, 7) is 1.85. The van der Waals surface area contributed by atoms with E-state index in [2.05, 4.69) is 14.7 Å². The number of rotatable bonds is 6. The largest absolute Gasteiger partial charge is 0.573 e. The number of carbonyl (C=O) groups is 1. The van der Waals surface area contributed by atoms with Crippen molar-refractivity contribution in [3.05, 3.63) is 93.7 Å². The molecule has 0 amide bonds. The Bertz CT molecular complexity index is 1040. The van der Waals surface area contributed by atoms with Gasteiger partial charge in [0.25, 0.3) is 0 Å². The molecule has 2 heterocycles. The number of aromatic nitrogens is 2. The van der Waals surface area contributed by atoms with E-state index in [1.54, 1.807) is 12.3 Å². The van der Waals surface area contributed by atoms with Gasteiger partial charge in [-0.2, -0.15) is 0 Å². The Morgan fingerprint density at radius 2 is 1.86 bits per heavy atom. The fraction of sp³-hybridized carbons (Fsp3) is 0.190. The highest BCUT2D eigenvalue weighted by molar-refractivity contribution is 5.96. The summed E-state index contributed by atoms with van der Waals surface area (Å²) in [7, 11) is 0. The zero-order chi connectivity index (χ0) is 21.0. The number of ether oxygens (including phenoxy) is 1. The van der Waals surface area contributed by atoms with Crippen LogP contribution in [0.2, 0.25) is 0 Å². The number of benzene rings is 1. The number of alkyl halides is 3. The molecule has 3 aromatic rings. The second-order valence-corrected chi connectivity index (χ2v) is 6.44. The van der Waals surface area contributed by atoms with E-state index in [4.69, 9.17) is 0 Å². The Morgan fingerprint density at radius 3 is 2.45 bits per heavy atom. The van der Waals surface area contributed by atoms with Gasteiger partial charge >= 0.3 is 6.36 Å². The van der Waals surface area contributed by atoms with Crippen molar-refractivity contribution in [1.29, 1.82) is 0 Å². The maximum Gasteiger partial charge on any atom is 0.573 e. The Labute approximate surface area is 164 Å². The molecule has 0 aliphatic carbocycles. The van der Waals surface area contributed by atoms with Gasteiger partial charge in [-0.3, -0.25) is 14.6 Å². The predicted octanol–water partition coefficient (Wildman–Crippen LogP) is 4.38. The van der Waals surface area contributed by atoms with Crippen LogP contribution in [-0.4, -0.2) is 22.1 Å². The highest BCUT2D eigenvalue weighted by Crippen LogP contribution is 2.32. The summed E-state index contributed by atoms with van der Waals surface area (Å²) in [4.78, 5) is 30.8. The van der Waals surface area contributed by atoms with Crippen molar-refractivity contribution in [1.82, 2.24) is 9.97 Å². The molecule has 0 bridgehead atoms. The lowest BCUT2D eigenvalue weighted by molar-refractivity contribution is -0.274. The van der Waals surface area contributed by atoms with E-state index in [0.29, 0.717) is 16.8 Å². The number of pyridine rings is 2. The molecular formula is C21H17F3N2O3. The molecule has 29 heavy (non-hydrogen) atoms. The van der Waals surface area contributed by atoms with Crippen molar-refractivity contribution >= 4 is 5.78 Å². The number of carbonyl (C=O) groups excluding carboxylic acids is 1. The number of hydrogen-bond acceptors (Lipinski definition) is 4. The molecule has 0 fully saturated rings. The van der Waals surface area contributed by atoms with Crippen molar-refractivity contribution < 1.29 is 22.7 Å². The number of aromatic amines is 1. The molecule has 0 saturated heterocycles. The topological polar surface area (TPSA) is 72.0 Å². The first-order valence-electron chi connectivity index (χ1n) is 8.72. The maximum absolute atomic E-state index is 12.8. The molecule has 0 saturated carbocycles.